The van der Waals surface area contributed by atoms with E-state index in [1.807, 2.05) is 14.1 Å². The molecule has 0 heterocycles. The molecule has 9 heavy (non-hydrogen) atoms. The van der Waals surface area contributed by atoms with Gasteiger partial charge in [0.2, 0.25) is 0 Å². The zero-order chi connectivity index (χ0) is 7.44. The summed E-state index contributed by atoms with van der Waals surface area (Å²) in [5.74, 6) is 0. The van der Waals surface area contributed by atoms with Gasteiger partial charge in [-0.1, -0.05) is 25.6 Å². The van der Waals surface area contributed by atoms with Crippen LogP contribution in [0.15, 0.2) is 0 Å². The van der Waals surface area contributed by atoms with Gasteiger partial charge < -0.3 is 4.90 Å². The van der Waals surface area contributed by atoms with Crippen LogP contribution in [0.2, 0.25) is 0 Å². The van der Waals surface area contributed by atoms with Gasteiger partial charge in [-0.25, -0.2) is 0 Å². The van der Waals surface area contributed by atoms with Crippen molar-refractivity contribution in [1.29, 1.82) is 0 Å². The zero-order valence-corrected chi connectivity index (χ0v) is 7.86. The predicted octanol–water partition coefficient (Wildman–Crippen LogP) is 0.928. The molecule has 0 fully saturated rings. The van der Waals surface area contributed by atoms with Gasteiger partial charge in [-0.15, -0.1) is 0 Å². The monoisotopic (exact) mass is 166 g/mol. The van der Waals surface area contributed by atoms with E-state index in [0.29, 0.717) is 6.04 Å². The lowest BCUT2D eigenvalue weighted by molar-refractivity contribution is 0.345. The second-order valence-electron chi connectivity index (χ2n) is 2.43. The molecule has 0 saturated heterocycles. The number of thiol groups is 2. The summed E-state index contributed by atoms with van der Waals surface area (Å²) in [6.07, 6.45) is 0. The molecule has 0 rings (SSSR count). The molecule has 56 valence electrons. The highest BCUT2D eigenvalue weighted by atomic mass is 32.2. The highest BCUT2D eigenvalue weighted by Gasteiger charge is 2.05. The Morgan fingerprint density at radius 2 is 1.78 bits per heavy atom. The standard InChI is InChI=1S/C5H14N2S2/c1-5(7(8)9)4-6(2)3/h5,8-9H,4H2,1-3H3. The summed E-state index contributed by atoms with van der Waals surface area (Å²) in [5.41, 5.74) is 0. The highest BCUT2D eigenvalue weighted by molar-refractivity contribution is 7.93. The highest BCUT2D eigenvalue weighted by Crippen LogP contribution is 2.05. The van der Waals surface area contributed by atoms with E-state index in [4.69, 9.17) is 0 Å². The van der Waals surface area contributed by atoms with Crippen LogP contribution in [0.4, 0.5) is 0 Å². The first-order chi connectivity index (χ1) is 4.04. The molecule has 4 heteroatoms. The van der Waals surface area contributed by atoms with E-state index in [1.165, 1.54) is 0 Å². The summed E-state index contributed by atoms with van der Waals surface area (Å²) in [7, 11) is 4.06. The number of hydrogen-bond acceptors (Lipinski definition) is 4. The van der Waals surface area contributed by atoms with Gasteiger partial charge in [-0.3, -0.25) is 0 Å². The lowest BCUT2D eigenvalue weighted by Crippen LogP contribution is -2.29. The van der Waals surface area contributed by atoms with E-state index in [2.05, 4.69) is 37.5 Å². The number of nitrogens with zero attached hydrogens (tertiary/aromatic N) is 2. The van der Waals surface area contributed by atoms with Crippen molar-refractivity contribution in [3.05, 3.63) is 0 Å². The fourth-order valence-electron chi connectivity index (χ4n) is 0.601. The zero-order valence-electron chi connectivity index (χ0n) is 6.07. The minimum absolute atomic E-state index is 0.381. The molecule has 0 saturated carbocycles. The lowest BCUT2D eigenvalue weighted by Gasteiger charge is -2.20. The summed E-state index contributed by atoms with van der Waals surface area (Å²) in [5, 5.41) is 0. The SMILES string of the molecule is CC(CN(C)C)N(S)S. The molecule has 0 aliphatic heterocycles. The molecule has 0 aromatic carbocycles. The molecular formula is C5H14N2S2. The Labute approximate surface area is 68.3 Å². The maximum absolute atomic E-state index is 4.04. The van der Waals surface area contributed by atoms with Gasteiger partial charge >= 0.3 is 0 Å². The molecule has 0 N–H and O–H groups in total. The van der Waals surface area contributed by atoms with Crippen molar-refractivity contribution < 1.29 is 0 Å². The molecule has 1 atom stereocenters. The molecule has 1 unspecified atom stereocenters. The molecular weight excluding hydrogens is 152 g/mol. The van der Waals surface area contributed by atoms with Crippen LogP contribution >= 0.6 is 25.6 Å². The topological polar surface area (TPSA) is 6.48 Å². The summed E-state index contributed by atoms with van der Waals surface area (Å²) >= 11 is 8.08. The molecule has 0 aromatic rings. The van der Waals surface area contributed by atoms with E-state index in [0.717, 1.165) is 6.54 Å². The van der Waals surface area contributed by atoms with Crippen molar-refractivity contribution >= 4 is 25.6 Å². The lowest BCUT2D eigenvalue weighted by atomic mass is 10.3. The van der Waals surface area contributed by atoms with Crippen molar-refractivity contribution in [3.63, 3.8) is 0 Å². The molecule has 0 aromatic heterocycles. The van der Waals surface area contributed by atoms with E-state index >= 15 is 0 Å². The second-order valence-corrected chi connectivity index (χ2v) is 3.61. The van der Waals surface area contributed by atoms with Gasteiger partial charge in [0.1, 0.15) is 0 Å². The maximum Gasteiger partial charge on any atom is 0.0408 e. The summed E-state index contributed by atoms with van der Waals surface area (Å²) in [6, 6.07) is 0.381. The first-order valence-electron chi connectivity index (χ1n) is 2.85. The normalized spacial score (nSPS) is 15.0. The van der Waals surface area contributed by atoms with Crippen LogP contribution in [0, 0.1) is 0 Å². The molecule has 0 radical (unpaired) electrons. The Morgan fingerprint density at radius 1 is 1.33 bits per heavy atom. The van der Waals surface area contributed by atoms with Gasteiger partial charge in [-0.2, -0.15) is 3.71 Å². The summed E-state index contributed by atoms with van der Waals surface area (Å²) < 4.78 is 1.61. The first-order valence-corrected chi connectivity index (χ1v) is 3.65. The minimum atomic E-state index is 0.381. The van der Waals surface area contributed by atoms with Gasteiger partial charge in [0.05, 0.1) is 0 Å². The third-order valence-electron chi connectivity index (χ3n) is 1.02. The van der Waals surface area contributed by atoms with Crippen molar-refractivity contribution in [3.8, 4) is 0 Å². The second kappa shape index (κ2) is 4.44. The maximum atomic E-state index is 4.04. The molecule has 0 spiro atoms. The Bertz CT molecular complexity index is 75.4. The van der Waals surface area contributed by atoms with Gasteiger partial charge in [0.25, 0.3) is 0 Å². The number of hydrogen-bond donors (Lipinski definition) is 2. The predicted molar refractivity (Wildman–Crippen MR) is 47.8 cm³/mol. The van der Waals surface area contributed by atoms with Crippen molar-refractivity contribution in [1.82, 2.24) is 8.61 Å². The first kappa shape index (κ1) is 9.62. The third-order valence-corrected chi connectivity index (χ3v) is 1.81. The summed E-state index contributed by atoms with van der Waals surface area (Å²) in [4.78, 5) is 2.10. The number of likely N-dealkylation sites (N-methyl/N-ethyl adjacent to an activating group) is 1. The van der Waals surface area contributed by atoms with Crippen molar-refractivity contribution in [2.75, 3.05) is 20.6 Å². The van der Waals surface area contributed by atoms with Crippen LogP contribution in [0.1, 0.15) is 6.92 Å². The molecule has 0 aliphatic rings. The number of rotatable bonds is 3. The van der Waals surface area contributed by atoms with Crippen LogP contribution in [0.3, 0.4) is 0 Å². The average Bonchev–Trinajstić information content (AvgIpc) is 1.63. The van der Waals surface area contributed by atoms with Crippen LogP contribution in [-0.4, -0.2) is 35.3 Å². The van der Waals surface area contributed by atoms with E-state index in [-0.39, 0.29) is 0 Å². The Kier molecular flexibility index (Phi) is 4.74. The largest absolute Gasteiger partial charge is 0.308 e. The fourth-order valence-corrected chi connectivity index (χ4v) is 0.748. The molecule has 0 aliphatic carbocycles. The quantitative estimate of drug-likeness (QED) is 0.602. The van der Waals surface area contributed by atoms with Crippen molar-refractivity contribution in [2.45, 2.75) is 13.0 Å². The van der Waals surface area contributed by atoms with E-state index in [1.54, 1.807) is 3.71 Å². The smallest absolute Gasteiger partial charge is 0.0408 e. The molecule has 2 nitrogen and oxygen atoms in total. The minimum Gasteiger partial charge on any atom is -0.308 e. The summed E-state index contributed by atoms with van der Waals surface area (Å²) in [6.45, 7) is 3.05. The van der Waals surface area contributed by atoms with Gasteiger partial charge in [0.15, 0.2) is 0 Å². The van der Waals surface area contributed by atoms with Gasteiger partial charge in [-0.05, 0) is 21.0 Å². The Hall–Kier alpha value is 0.620. The molecule has 0 amide bonds. The van der Waals surface area contributed by atoms with Crippen molar-refractivity contribution in [2.24, 2.45) is 0 Å². The van der Waals surface area contributed by atoms with Crippen LogP contribution in [0.25, 0.3) is 0 Å². The molecule has 0 bridgehead atoms. The fraction of sp³-hybridized carbons (Fsp3) is 1.00. The Morgan fingerprint density at radius 3 is 1.89 bits per heavy atom. The van der Waals surface area contributed by atoms with Crippen LogP contribution in [-0.2, 0) is 0 Å². The van der Waals surface area contributed by atoms with Crippen LogP contribution in [0.5, 0.6) is 0 Å². The Balaban J connectivity index is 3.38. The average molecular weight is 166 g/mol. The third kappa shape index (κ3) is 5.08. The van der Waals surface area contributed by atoms with E-state index < -0.39 is 0 Å². The van der Waals surface area contributed by atoms with E-state index in [9.17, 15) is 0 Å². The van der Waals surface area contributed by atoms with Gasteiger partial charge in [0, 0.05) is 12.6 Å². The van der Waals surface area contributed by atoms with Crippen LogP contribution < -0.4 is 0 Å².